The molecule has 1 heterocycles. The van der Waals surface area contributed by atoms with Crippen molar-refractivity contribution < 1.29 is 19.1 Å². The molecule has 5 heteroatoms. The first kappa shape index (κ1) is 12.0. The van der Waals surface area contributed by atoms with Gasteiger partial charge in [0.1, 0.15) is 5.76 Å². The van der Waals surface area contributed by atoms with Gasteiger partial charge in [-0.25, -0.2) is 0 Å². The molecule has 5 nitrogen and oxygen atoms in total. The maximum Gasteiger partial charge on any atom is 0.306 e. The zero-order chi connectivity index (χ0) is 13.9. The SMILES string of the molecule is O=C(N[C@H]1C[C@H]1[C@H]1C[C@H]1C(=O)O)c1ccc(C2CC2)o1. The Bertz CT molecular complexity index is 574. The third-order valence-electron chi connectivity index (χ3n) is 4.69. The van der Waals surface area contributed by atoms with Gasteiger partial charge in [-0.05, 0) is 49.7 Å². The van der Waals surface area contributed by atoms with Crippen LogP contribution in [0.25, 0.3) is 0 Å². The lowest BCUT2D eigenvalue weighted by molar-refractivity contribution is -0.138. The van der Waals surface area contributed by atoms with E-state index in [4.69, 9.17) is 9.52 Å². The van der Waals surface area contributed by atoms with Crippen molar-refractivity contribution in [3.8, 4) is 0 Å². The number of carbonyl (C=O) groups excluding carboxylic acids is 1. The third-order valence-corrected chi connectivity index (χ3v) is 4.69. The highest BCUT2D eigenvalue weighted by atomic mass is 16.4. The van der Waals surface area contributed by atoms with E-state index in [1.54, 1.807) is 6.07 Å². The Morgan fingerprint density at radius 1 is 1.20 bits per heavy atom. The molecule has 106 valence electrons. The lowest BCUT2D eigenvalue weighted by atomic mass is 10.2. The van der Waals surface area contributed by atoms with E-state index in [0.29, 0.717) is 17.6 Å². The molecule has 0 saturated heterocycles. The fourth-order valence-electron chi connectivity index (χ4n) is 3.13. The highest BCUT2D eigenvalue weighted by Crippen LogP contribution is 2.54. The molecule has 0 radical (unpaired) electrons. The Morgan fingerprint density at radius 2 is 2.00 bits per heavy atom. The standard InChI is InChI=1S/C15H17NO4/c17-14(13-4-3-12(20-13)7-1-2-7)16-11-6-9(11)8-5-10(8)15(18)19/h3-4,7-11H,1-2,5-6H2,(H,16,17)(H,18,19)/t8-,9+,10-,11+/m1/s1. The van der Waals surface area contributed by atoms with Gasteiger partial charge in [0.2, 0.25) is 0 Å². The number of carboxylic acid groups (broad SMARTS) is 1. The van der Waals surface area contributed by atoms with Crippen molar-refractivity contribution in [3.63, 3.8) is 0 Å². The normalized spacial score (nSPS) is 34.6. The van der Waals surface area contributed by atoms with Gasteiger partial charge in [-0.2, -0.15) is 0 Å². The first-order valence-corrected chi connectivity index (χ1v) is 7.27. The molecule has 3 fully saturated rings. The van der Waals surface area contributed by atoms with Gasteiger partial charge in [0.25, 0.3) is 5.91 Å². The summed E-state index contributed by atoms with van der Waals surface area (Å²) < 4.78 is 5.56. The fourth-order valence-corrected chi connectivity index (χ4v) is 3.13. The molecule has 0 aromatic carbocycles. The van der Waals surface area contributed by atoms with Crippen molar-refractivity contribution in [3.05, 3.63) is 23.7 Å². The number of hydrogen-bond donors (Lipinski definition) is 2. The highest BCUT2D eigenvalue weighted by Gasteiger charge is 2.57. The van der Waals surface area contributed by atoms with Crippen molar-refractivity contribution in [2.75, 3.05) is 0 Å². The van der Waals surface area contributed by atoms with Crippen LogP contribution in [-0.2, 0) is 4.79 Å². The lowest BCUT2D eigenvalue weighted by Gasteiger charge is -2.02. The molecule has 3 aliphatic rings. The summed E-state index contributed by atoms with van der Waals surface area (Å²) in [5.74, 6) is 1.34. The quantitative estimate of drug-likeness (QED) is 0.861. The van der Waals surface area contributed by atoms with Gasteiger partial charge in [0.05, 0.1) is 5.92 Å². The first-order chi connectivity index (χ1) is 9.63. The van der Waals surface area contributed by atoms with Crippen LogP contribution in [0.3, 0.4) is 0 Å². The summed E-state index contributed by atoms with van der Waals surface area (Å²) in [6.45, 7) is 0. The highest BCUT2D eigenvalue weighted by molar-refractivity contribution is 5.92. The number of carboxylic acids is 1. The van der Waals surface area contributed by atoms with E-state index in [0.717, 1.165) is 31.4 Å². The zero-order valence-electron chi connectivity index (χ0n) is 11.0. The van der Waals surface area contributed by atoms with Crippen molar-refractivity contribution in [1.82, 2.24) is 5.32 Å². The van der Waals surface area contributed by atoms with Crippen molar-refractivity contribution in [1.29, 1.82) is 0 Å². The van der Waals surface area contributed by atoms with E-state index in [9.17, 15) is 9.59 Å². The summed E-state index contributed by atoms with van der Waals surface area (Å²) in [7, 11) is 0. The van der Waals surface area contributed by atoms with Crippen molar-refractivity contribution >= 4 is 11.9 Å². The molecule has 3 saturated carbocycles. The molecule has 0 spiro atoms. The third kappa shape index (κ3) is 2.11. The summed E-state index contributed by atoms with van der Waals surface area (Å²) in [5.41, 5.74) is 0. The lowest BCUT2D eigenvalue weighted by Crippen LogP contribution is -2.26. The topological polar surface area (TPSA) is 79.5 Å². The van der Waals surface area contributed by atoms with Crippen LogP contribution in [-0.4, -0.2) is 23.0 Å². The Kier molecular flexibility index (Phi) is 2.46. The number of hydrogen-bond acceptors (Lipinski definition) is 3. The molecule has 4 rings (SSSR count). The largest absolute Gasteiger partial charge is 0.481 e. The van der Waals surface area contributed by atoms with Crippen molar-refractivity contribution in [2.24, 2.45) is 17.8 Å². The molecule has 20 heavy (non-hydrogen) atoms. The predicted molar refractivity (Wildman–Crippen MR) is 69.3 cm³/mol. The number of carbonyl (C=O) groups is 2. The van der Waals surface area contributed by atoms with E-state index in [1.807, 2.05) is 6.07 Å². The smallest absolute Gasteiger partial charge is 0.306 e. The monoisotopic (exact) mass is 275 g/mol. The van der Waals surface area contributed by atoms with Gasteiger partial charge in [0.15, 0.2) is 5.76 Å². The minimum absolute atomic E-state index is 0.131. The molecule has 1 aromatic heterocycles. The molecule has 1 aromatic rings. The average molecular weight is 275 g/mol. The molecule has 0 aliphatic heterocycles. The van der Waals surface area contributed by atoms with Gasteiger partial charge in [-0.1, -0.05) is 0 Å². The van der Waals surface area contributed by atoms with E-state index < -0.39 is 5.97 Å². The van der Waals surface area contributed by atoms with Crippen LogP contribution in [0.4, 0.5) is 0 Å². The maximum absolute atomic E-state index is 12.0. The van der Waals surface area contributed by atoms with E-state index in [1.165, 1.54) is 0 Å². The summed E-state index contributed by atoms with van der Waals surface area (Å²) >= 11 is 0. The van der Waals surface area contributed by atoms with Gasteiger partial charge in [-0.15, -0.1) is 0 Å². The Morgan fingerprint density at radius 3 is 2.65 bits per heavy atom. The van der Waals surface area contributed by atoms with Gasteiger partial charge >= 0.3 is 5.97 Å². The van der Waals surface area contributed by atoms with Crippen LogP contribution >= 0.6 is 0 Å². The maximum atomic E-state index is 12.0. The molecule has 2 N–H and O–H groups in total. The second kappa shape index (κ2) is 4.11. The van der Waals surface area contributed by atoms with Crippen LogP contribution in [0, 0.1) is 17.8 Å². The summed E-state index contributed by atoms with van der Waals surface area (Å²) in [5, 5.41) is 11.9. The van der Waals surface area contributed by atoms with Gasteiger partial charge in [0, 0.05) is 12.0 Å². The van der Waals surface area contributed by atoms with Gasteiger partial charge in [-0.3, -0.25) is 9.59 Å². The molecule has 1 amide bonds. The molecule has 3 aliphatic carbocycles. The summed E-state index contributed by atoms with van der Waals surface area (Å²) in [4.78, 5) is 22.9. The second-order valence-electron chi connectivity index (χ2n) is 6.30. The Balaban J connectivity index is 1.31. The second-order valence-corrected chi connectivity index (χ2v) is 6.30. The number of aliphatic carboxylic acids is 1. The number of nitrogens with one attached hydrogen (secondary N) is 1. The van der Waals surface area contributed by atoms with Crippen molar-refractivity contribution in [2.45, 2.75) is 37.6 Å². The Hall–Kier alpha value is -1.78. The molecular formula is C15H17NO4. The number of amides is 1. The Labute approximate surface area is 116 Å². The number of furan rings is 1. The van der Waals surface area contributed by atoms with E-state index in [2.05, 4.69) is 5.32 Å². The predicted octanol–water partition coefficient (Wildman–Crippen LogP) is 2.00. The number of rotatable bonds is 5. The molecule has 0 bridgehead atoms. The van der Waals surface area contributed by atoms with Gasteiger partial charge < -0.3 is 14.8 Å². The molecule has 4 atom stereocenters. The summed E-state index contributed by atoms with van der Waals surface area (Å²) in [6, 6.07) is 3.75. The average Bonchev–Trinajstić information content (AvgIpc) is 3.25. The van der Waals surface area contributed by atoms with E-state index >= 15 is 0 Å². The van der Waals surface area contributed by atoms with Crippen LogP contribution < -0.4 is 5.32 Å². The first-order valence-electron chi connectivity index (χ1n) is 7.27. The fraction of sp³-hybridized carbons (Fsp3) is 0.600. The van der Waals surface area contributed by atoms with Crippen LogP contribution in [0.2, 0.25) is 0 Å². The molecule has 0 unspecified atom stereocenters. The summed E-state index contributed by atoms with van der Waals surface area (Å²) in [6.07, 6.45) is 3.96. The van der Waals surface area contributed by atoms with Crippen LogP contribution in [0.15, 0.2) is 16.5 Å². The van der Waals surface area contributed by atoms with E-state index in [-0.39, 0.29) is 23.8 Å². The van der Waals surface area contributed by atoms with Crippen LogP contribution in [0.5, 0.6) is 0 Å². The zero-order valence-corrected chi connectivity index (χ0v) is 11.0. The minimum Gasteiger partial charge on any atom is -0.481 e. The minimum atomic E-state index is -0.702. The molecular weight excluding hydrogens is 258 g/mol. The van der Waals surface area contributed by atoms with Crippen LogP contribution in [0.1, 0.15) is 47.9 Å².